The molecular formula is C28H36N4O5S. The summed E-state index contributed by atoms with van der Waals surface area (Å²) in [6, 6.07) is 11.2. The lowest BCUT2D eigenvalue weighted by Crippen LogP contribution is -2.46. The Morgan fingerprint density at radius 1 is 1.00 bits per heavy atom. The first-order valence-electron chi connectivity index (χ1n) is 13.7. The standard InChI is InChI=1S/C28H36N4O5S/c33-15-16-38(35,36)30-21-4-6-23(24(18-21)31-13-10-28(8-9-28)11-14-31)27(34)29-20-5-7-26-25(17-20)32-12-2-1-3-22(32)19-37-26/h4-7,17-18,22,30,33H,1-3,8-16,19H2,(H,29,34). The quantitative estimate of drug-likeness (QED) is 0.490. The van der Waals surface area contributed by atoms with Crippen LogP contribution in [-0.2, 0) is 10.0 Å². The molecule has 3 N–H and O–H groups in total. The molecule has 4 aliphatic rings. The van der Waals surface area contributed by atoms with Crippen molar-refractivity contribution in [2.24, 2.45) is 5.41 Å². The third-order valence-corrected chi connectivity index (χ3v) is 9.85. The molecule has 204 valence electrons. The van der Waals surface area contributed by atoms with Crippen molar-refractivity contribution in [2.45, 2.75) is 51.0 Å². The highest BCUT2D eigenvalue weighted by Gasteiger charge is 2.44. The van der Waals surface area contributed by atoms with Gasteiger partial charge in [-0.25, -0.2) is 8.42 Å². The van der Waals surface area contributed by atoms with Crippen molar-refractivity contribution >= 4 is 38.7 Å². The van der Waals surface area contributed by atoms with E-state index in [-0.39, 0.29) is 11.7 Å². The van der Waals surface area contributed by atoms with Gasteiger partial charge in [-0.3, -0.25) is 9.52 Å². The highest BCUT2D eigenvalue weighted by molar-refractivity contribution is 7.92. The second kappa shape index (κ2) is 9.96. The lowest BCUT2D eigenvalue weighted by Gasteiger charge is -2.41. The summed E-state index contributed by atoms with van der Waals surface area (Å²) in [5.41, 5.74) is 3.82. The molecule has 2 saturated heterocycles. The first kappa shape index (κ1) is 25.3. The number of hydrogen-bond donors (Lipinski definition) is 3. The van der Waals surface area contributed by atoms with E-state index in [0.717, 1.165) is 62.4 Å². The second-order valence-corrected chi connectivity index (χ2v) is 13.0. The van der Waals surface area contributed by atoms with Gasteiger partial charge in [0.05, 0.1) is 41.0 Å². The van der Waals surface area contributed by atoms with Crippen LogP contribution < -0.4 is 24.6 Å². The molecule has 1 saturated carbocycles. The SMILES string of the molecule is O=C(Nc1ccc2c(c1)N1CCCCC1CO2)c1ccc(NS(=O)(=O)CCO)cc1N1CCC2(CC1)CC2. The van der Waals surface area contributed by atoms with E-state index in [1.165, 1.54) is 19.3 Å². The highest BCUT2D eigenvalue weighted by atomic mass is 32.2. The number of fused-ring (bicyclic) bond motifs is 3. The minimum absolute atomic E-state index is 0.233. The molecule has 3 aliphatic heterocycles. The predicted octanol–water partition coefficient (Wildman–Crippen LogP) is 3.80. The average molecular weight is 541 g/mol. The van der Waals surface area contributed by atoms with Crippen LogP contribution in [0.5, 0.6) is 5.75 Å². The first-order valence-corrected chi connectivity index (χ1v) is 15.4. The van der Waals surface area contributed by atoms with Crippen LogP contribution in [0, 0.1) is 5.41 Å². The second-order valence-electron chi connectivity index (χ2n) is 11.2. The lowest BCUT2D eigenvalue weighted by atomic mass is 9.93. The Kier molecular flexibility index (Phi) is 6.63. The molecule has 0 aromatic heterocycles. The maximum Gasteiger partial charge on any atom is 0.257 e. The van der Waals surface area contributed by atoms with Crippen LogP contribution in [0.2, 0.25) is 0 Å². The third kappa shape index (κ3) is 5.16. The van der Waals surface area contributed by atoms with Gasteiger partial charge in [-0.05, 0) is 86.8 Å². The number of carbonyl (C=O) groups excluding carboxylic acids is 1. The van der Waals surface area contributed by atoms with E-state index >= 15 is 0 Å². The van der Waals surface area contributed by atoms with Gasteiger partial charge >= 0.3 is 0 Å². The molecule has 3 fully saturated rings. The first-order chi connectivity index (χ1) is 18.3. The highest BCUT2D eigenvalue weighted by Crippen LogP contribution is 2.54. The van der Waals surface area contributed by atoms with Crippen LogP contribution in [0.15, 0.2) is 36.4 Å². The van der Waals surface area contributed by atoms with Gasteiger partial charge in [0.2, 0.25) is 10.0 Å². The number of piperidine rings is 2. The van der Waals surface area contributed by atoms with E-state index in [1.807, 2.05) is 18.2 Å². The molecule has 1 amide bonds. The monoisotopic (exact) mass is 540 g/mol. The average Bonchev–Trinajstić information content (AvgIpc) is 3.67. The number of ether oxygens (including phenoxy) is 1. The van der Waals surface area contributed by atoms with E-state index in [2.05, 4.69) is 19.8 Å². The Morgan fingerprint density at radius 2 is 1.76 bits per heavy atom. The Labute approximate surface area is 224 Å². The Hall–Kier alpha value is -2.98. The van der Waals surface area contributed by atoms with Crippen molar-refractivity contribution in [1.82, 2.24) is 0 Å². The van der Waals surface area contributed by atoms with Crippen LogP contribution in [-0.4, -0.2) is 64.1 Å². The minimum Gasteiger partial charge on any atom is -0.489 e. The van der Waals surface area contributed by atoms with Gasteiger partial charge < -0.3 is 25.0 Å². The van der Waals surface area contributed by atoms with Crippen molar-refractivity contribution in [3.63, 3.8) is 0 Å². The fourth-order valence-corrected chi connectivity index (χ4v) is 6.94. The molecule has 10 heteroatoms. The Morgan fingerprint density at radius 3 is 2.53 bits per heavy atom. The Bertz CT molecular complexity index is 1320. The summed E-state index contributed by atoms with van der Waals surface area (Å²) < 4.78 is 33.1. The molecule has 1 atom stereocenters. The van der Waals surface area contributed by atoms with Crippen LogP contribution in [0.25, 0.3) is 0 Å². The van der Waals surface area contributed by atoms with Crippen molar-refractivity contribution in [2.75, 3.05) is 58.4 Å². The van der Waals surface area contributed by atoms with Crippen molar-refractivity contribution in [3.05, 3.63) is 42.0 Å². The molecule has 2 aromatic carbocycles. The molecule has 2 aromatic rings. The molecule has 1 aliphatic carbocycles. The zero-order valence-corrected chi connectivity index (χ0v) is 22.4. The number of aliphatic hydroxyl groups excluding tert-OH is 1. The molecule has 3 heterocycles. The number of anilines is 4. The van der Waals surface area contributed by atoms with Gasteiger partial charge in [0, 0.05) is 25.3 Å². The van der Waals surface area contributed by atoms with Gasteiger partial charge in [-0.1, -0.05) is 0 Å². The number of nitrogens with zero attached hydrogens (tertiary/aromatic N) is 2. The van der Waals surface area contributed by atoms with Crippen LogP contribution in [0.3, 0.4) is 0 Å². The zero-order chi connectivity index (χ0) is 26.3. The van der Waals surface area contributed by atoms with E-state index in [4.69, 9.17) is 9.84 Å². The maximum atomic E-state index is 13.6. The van der Waals surface area contributed by atoms with Crippen molar-refractivity contribution < 1.29 is 23.1 Å². The number of sulfonamides is 1. The molecule has 9 nitrogen and oxygen atoms in total. The molecule has 38 heavy (non-hydrogen) atoms. The fourth-order valence-electron chi connectivity index (χ4n) is 6.12. The number of rotatable bonds is 7. The zero-order valence-electron chi connectivity index (χ0n) is 21.6. The minimum atomic E-state index is -3.68. The van der Waals surface area contributed by atoms with E-state index in [9.17, 15) is 13.2 Å². The topological polar surface area (TPSA) is 111 Å². The summed E-state index contributed by atoms with van der Waals surface area (Å²) >= 11 is 0. The fraction of sp³-hybridized carbons (Fsp3) is 0.536. The smallest absolute Gasteiger partial charge is 0.257 e. The number of benzene rings is 2. The molecule has 0 bridgehead atoms. The summed E-state index contributed by atoms with van der Waals surface area (Å²) in [6.45, 7) is 2.90. The molecule has 1 spiro atoms. The lowest BCUT2D eigenvalue weighted by molar-refractivity contribution is 0.102. The largest absolute Gasteiger partial charge is 0.489 e. The van der Waals surface area contributed by atoms with Crippen LogP contribution >= 0.6 is 0 Å². The third-order valence-electron chi connectivity index (χ3n) is 8.58. The number of nitrogens with one attached hydrogen (secondary N) is 2. The molecule has 1 unspecified atom stereocenters. The van der Waals surface area contributed by atoms with Crippen molar-refractivity contribution in [3.8, 4) is 5.75 Å². The summed E-state index contributed by atoms with van der Waals surface area (Å²) in [7, 11) is -3.68. The number of aliphatic hydroxyl groups is 1. The number of amides is 1. The van der Waals surface area contributed by atoms with Crippen molar-refractivity contribution in [1.29, 1.82) is 0 Å². The maximum absolute atomic E-state index is 13.6. The Balaban J connectivity index is 1.26. The van der Waals surface area contributed by atoms with Gasteiger partial charge in [-0.15, -0.1) is 0 Å². The molecule has 6 rings (SSSR count). The number of carbonyl (C=O) groups is 1. The van der Waals surface area contributed by atoms with E-state index < -0.39 is 16.6 Å². The van der Waals surface area contributed by atoms with Crippen LogP contribution in [0.4, 0.5) is 22.7 Å². The van der Waals surface area contributed by atoms with Gasteiger partial charge in [0.1, 0.15) is 12.4 Å². The summed E-state index contributed by atoms with van der Waals surface area (Å²) in [6.07, 6.45) is 8.19. The number of hydrogen-bond acceptors (Lipinski definition) is 7. The summed E-state index contributed by atoms with van der Waals surface area (Å²) in [4.78, 5) is 18.2. The molecular weight excluding hydrogens is 504 g/mol. The predicted molar refractivity (Wildman–Crippen MR) is 149 cm³/mol. The normalized spacial score (nSPS) is 21.8. The van der Waals surface area contributed by atoms with Gasteiger partial charge in [0.25, 0.3) is 5.91 Å². The van der Waals surface area contributed by atoms with E-state index in [0.29, 0.717) is 35.0 Å². The van der Waals surface area contributed by atoms with Gasteiger partial charge in [-0.2, -0.15) is 0 Å². The summed E-state index contributed by atoms with van der Waals surface area (Å²) in [5, 5.41) is 12.2. The van der Waals surface area contributed by atoms with Crippen LogP contribution in [0.1, 0.15) is 55.3 Å². The summed E-state index contributed by atoms with van der Waals surface area (Å²) in [5.74, 6) is 0.239. The van der Waals surface area contributed by atoms with Gasteiger partial charge in [0.15, 0.2) is 0 Å². The van der Waals surface area contributed by atoms with E-state index in [1.54, 1.807) is 18.2 Å². The molecule has 0 radical (unpaired) electrons.